The van der Waals surface area contributed by atoms with Gasteiger partial charge in [-0.05, 0) is 59.7 Å². The van der Waals surface area contributed by atoms with E-state index in [-0.39, 0.29) is 0 Å². The number of hydrogen-bond acceptors (Lipinski definition) is 4. The van der Waals surface area contributed by atoms with Gasteiger partial charge in [-0.3, -0.25) is 0 Å². The van der Waals surface area contributed by atoms with E-state index in [0.717, 1.165) is 22.1 Å². The van der Waals surface area contributed by atoms with Gasteiger partial charge in [0.15, 0.2) is 12.4 Å². The molecule has 0 atom stereocenters. The lowest BCUT2D eigenvalue weighted by Gasteiger charge is -2.30. The fourth-order valence-corrected chi connectivity index (χ4v) is 8.98. The minimum absolute atomic E-state index is 1.05. The van der Waals surface area contributed by atoms with Gasteiger partial charge in [0.2, 0.25) is 11.4 Å². The molecule has 0 fully saturated rings. The molecule has 0 radical (unpaired) electrons. The monoisotopic (exact) mass is 783 g/mol. The van der Waals surface area contributed by atoms with Crippen LogP contribution in [0, 0.1) is 0 Å². The first kappa shape index (κ1) is 44.2. The predicted molar refractivity (Wildman–Crippen MR) is 244 cm³/mol. The molecule has 0 spiro atoms. The lowest BCUT2D eigenvalue weighted by atomic mass is 10.1. The zero-order valence-corrected chi connectivity index (χ0v) is 36.9. The third-order valence-corrected chi connectivity index (χ3v) is 12.8. The van der Waals surface area contributed by atoms with Crippen LogP contribution in [0.4, 0.5) is 11.4 Å². The number of anilines is 2. The van der Waals surface area contributed by atoms with Crippen molar-refractivity contribution in [1.82, 2.24) is 0 Å². The Labute approximate surface area is 342 Å². The first-order valence-electron chi connectivity index (χ1n) is 20.2. The highest BCUT2D eigenvalue weighted by Crippen LogP contribution is 2.23. The molecule has 0 unspecified atom stereocenters. The van der Waals surface area contributed by atoms with Crippen LogP contribution in [0.1, 0.15) is 54.6 Å². The summed E-state index contributed by atoms with van der Waals surface area (Å²) in [6.45, 7) is 7.03. The number of unbranched alkanes of at least 4 members (excludes halogenated alkanes) is 2. The van der Waals surface area contributed by atoms with Gasteiger partial charge in [-0.2, -0.15) is 9.13 Å². The first-order valence-corrected chi connectivity index (χ1v) is 22.7. The summed E-state index contributed by atoms with van der Waals surface area (Å²) in [7, 11) is 22.1. The van der Waals surface area contributed by atoms with Gasteiger partial charge in [0, 0.05) is 114 Å². The number of quaternary nitrogens is 2. The molecule has 296 valence electrons. The van der Waals surface area contributed by atoms with Crippen molar-refractivity contribution in [3.63, 3.8) is 0 Å². The van der Waals surface area contributed by atoms with Crippen LogP contribution in [0.2, 0.25) is 0 Å². The van der Waals surface area contributed by atoms with Crippen LogP contribution in [0.25, 0.3) is 24.3 Å². The van der Waals surface area contributed by atoms with Crippen molar-refractivity contribution in [2.24, 2.45) is 0 Å². The average molecular weight is 783 g/mol. The molecule has 55 heavy (non-hydrogen) atoms. The van der Waals surface area contributed by atoms with E-state index in [4.69, 9.17) is 0 Å². The molecule has 0 bridgehead atoms. The van der Waals surface area contributed by atoms with E-state index >= 15 is 0 Å². The summed E-state index contributed by atoms with van der Waals surface area (Å²) in [5, 5.41) is 0. The lowest BCUT2D eigenvalue weighted by Crippen LogP contribution is -2.43. The Morgan fingerprint density at radius 2 is 0.891 bits per heavy atom. The van der Waals surface area contributed by atoms with Crippen LogP contribution >= 0.6 is 21.6 Å². The van der Waals surface area contributed by atoms with Crippen LogP contribution < -0.4 is 18.9 Å². The number of rotatable bonds is 24. The fourth-order valence-electron chi connectivity index (χ4n) is 6.64. The summed E-state index contributed by atoms with van der Waals surface area (Å²) in [6.07, 6.45) is 19.5. The van der Waals surface area contributed by atoms with Gasteiger partial charge in [-0.25, -0.2) is 0 Å². The minimum atomic E-state index is 1.05. The summed E-state index contributed by atoms with van der Waals surface area (Å²) in [4.78, 5) is 4.27. The van der Waals surface area contributed by atoms with E-state index in [0.29, 0.717) is 0 Å². The van der Waals surface area contributed by atoms with Crippen LogP contribution in [-0.4, -0.2) is 103 Å². The van der Waals surface area contributed by atoms with Gasteiger partial charge in [0.25, 0.3) is 0 Å². The van der Waals surface area contributed by atoms with Gasteiger partial charge < -0.3 is 18.8 Å². The quantitative estimate of drug-likeness (QED) is 0.0305. The maximum absolute atomic E-state index is 2.41. The number of nitrogens with zero attached hydrogens (tertiary/aromatic N) is 6. The molecular formula is C47H70N6S2+4. The Hall–Kier alpha value is -3.56. The third-order valence-electron chi connectivity index (χ3n) is 10.3. The molecule has 6 nitrogen and oxygen atoms in total. The molecule has 0 aliphatic heterocycles. The number of aryl methyl sites for hydroxylation is 2. The molecule has 0 saturated carbocycles. The zero-order chi connectivity index (χ0) is 39.5. The smallest absolute Gasteiger partial charge is 0.205 e. The zero-order valence-electron chi connectivity index (χ0n) is 35.2. The van der Waals surface area contributed by atoms with Gasteiger partial charge in [-0.1, -0.05) is 45.9 Å². The molecular weight excluding hydrogens is 713 g/mol. The number of pyridine rings is 2. The van der Waals surface area contributed by atoms with Crippen molar-refractivity contribution < 1.29 is 18.1 Å². The third kappa shape index (κ3) is 16.6. The molecule has 2 aromatic heterocycles. The van der Waals surface area contributed by atoms with Crippen LogP contribution in [0.15, 0.2) is 97.3 Å². The molecule has 2 heterocycles. The van der Waals surface area contributed by atoms with Gasteiger partial charge in [0.05, 0.1) is 60.1 Å². The van der Waals surface area contributed by atoms with E-state index in [2.05, 4.69) is 219 Å². The second kappa shape index (κ2) is 22.9. The Morgan fingerprint density at radius 3 is 1.35 bits per heavy atom. The second-order valence-corrected chi connectivity index (χ2v) is 19.2. The topological polar surface area (TPSA) is 14.2 Å². The fraction of sp³-hybridized carbons (Fsp3) is 0.447. The first-order chi connectivity index (χ1) is 26.4. The highest BCUT2D eigenvalue weighted by atomic mass is 33.1. The Kier molecular flexibility index (Phi) is 18.4. The highest BCUT2D eigenvalue weighted by molar-refractivity contribution is 8.76. The van der Waals surface area contributed by atoms with Crippen LogP contribution in [0.5, 0.6) is 0 Å². The SMILES string of the molecule is CN(C)c1ccc(C=Cc2cccc[n+]2CCCC[N+](C)(C)CCCSSCC[N+](C)(C)CCCC[n+]2ccccc2C=Cc2ccc(N(C)C)cc2)cc1. The normalized spacial score (nSPS) is 12.2. The van der Waals surface area contributed by atoms with Crippen molar-refractivity contribution in [1.29, 1.82) is 0 Å². The number of benzene rings is 2. The largest absolute Gasteiger partial charge is 0.378 e. The average Bonchev–Trinajstić information content (AvgIpc) is 3.17. The summed E-state index contributed by atoms with van der Waals surface area (Å²) < 4.78 is 6.98. The summed E-state index contributed by atoms with van der Waals surface area (Å²) in [5.41, 5.74) is 7.42. The van der Waals surface area contributed by atoms with E-state index in [1.165, 1.54) is 104 Å². The number of aromatic nitrogens is 2. The van der Waals surface area contributed by atoms with Gasteiger partial charge in [0.1, 0.15) is 13.1 Å². The van der Waals surface area contributed by atoms with E-state index in [1.807, 2.05) is 0 Å². The van der Waals surface area contributed by atoms with Crippen molar-refractivity contribution in [2.75, 3.05) is 104 Å². The van der Waals surface area contributed by atoms with Crippen molar-refractivity contribution in [3.8, 4) is 0 Å². The lowest BCUT2D eigenvalue weighted by molar-refractivity contribution is -0.890. The van der Waals surface area contributed by atoms with Gasteiger partial charge in [-0.15, -0.1) is 0 Å². The minimum Gasteiger partial charge on any atom is -0.378 e. The molecule has 8 heteroatoms. The van der Waals surface area contributed by atoms with Gasteiger partial charge >= 0.3 is 0 Å². The van der Waals surface area contributed by atoms with Crippen LogP contribution in [-0.2, 0) is 13.1 Å². The van der Waals surface area contributed by atoms with Crippen LogP contribution in [0.3, 0.4) is 0 Å². The molecule has 4 aromatic rings. The summed E-state index contributed by atoms with van der Waals surface area (Å²) in [5.74, 6) is 2.45. The molecule has 4 rings (SSSR count). The summed E-state index contributed by atoms with van der Waals surface area (Å²) >= 11 is 0. The molecule has 0 N–H and O–H groups in total. The highest BCUT2D eigenvalue weighted by Gasteiger charge is 2.17. The molecule has 0 amide bonds. The molecule has 0 aliphatic carbocycles. The second-order valence-electron chi connectivity index (χ2n) is 16.5. The molecule has 2 aromatic carbocycles. The predicted octanol–water partition coefficient (Wildman–Crippen LogP) is 8.92. The standard InChI is InChI=1S/C47H70N6S2/c1-48(2)44-26-20-42(21-27-44)24-30-46-18-9-11-32-50(46)34-13-15-36-52(5,6)38-17-40-54-55-41-39-53(7,8)37-16-14-35-51-33-12-10-19-47(51)31-25-43-22-28-45(29-23-43)49(3)4/h9-12,18-33H,13-17,34-41H2,1-8H3/q+4. The molecule has 0 saturated heterocycles. The Morgan fingerprint density at radius 1 is 0.473 bits per heavy atom. The van der Waals surface area contributed by atoms with Crippen molar-refractivity contribution in [3.05, 3.63) is 120 Å². The van der Waals surface area contributed by atoms with Crippen molar-refractivity contribution >= 4 is 57.3 Å². The number of hydrogen-bond donors (Lipinski definition) is 0. The Bertz CT molecular complexity index is 1620. The molecule has 0 aliphatic rings. The van der Waals surface area contributed by atoms with E-state index in [9.17, 15) is 0 Å². The van der Waals surface area contributed by atoms with E-state index < -0.39 is 0 Å². The Balaban J connectivity index is 1.05. The maximum Gasteiger partial charge on any atom is 0.205 e. The van der Waals surface area contributed by atoms with E-state index in [1.54, 1.807) is 0 Å². The summed E-state index contributed by atoms with van der Waals surface area (Å²) in [6, 6.07) is 30.4. The maximum atomic E-state index is 2.41. The van der Waals surface area contributed by atoms with Crippen molar-refractivity contribution in [2.45, 2.75) is 45.2 Å².